The van der Waals surface area contributed by atoms with Crippen LogP contribution < -0.4 is 0 Å². The standard InChI is InChI=1S/C19H24F4O6/c1-16(21,22)15(25)26-7-14(24)29-18-4-11-2-12(5-18)19(13(3-11)6-18)27-9-17(23,8-20)10-28-19/h11-13H,2-10H2,1H3. The number of rotatable bonds is 5. The maximum Gasteiger partial charge on any atom is 0.377 e. The van der Waals surface area contributed by atoms with Gasteiger partial charge in [-0.3, -0.25) is 0 Å². The molecule has 29 heavy (non-hydrogen) atoms. The summed E-state index contributed by atoms with van der Waals surface area (Å²) in [7, 11) is 0. The minimum Gasteiger partial charge on any atom is -0.457 e. The molecule has 2 atom stereocenters. The van der Waals surface area contributed by atoms with Gasteiger partial charge in [-0.15, -0.1) is 0 Å². The molecule has 6 nitrogen and oxygen atoms in total. The number of ether oxygens (including phenoxy) is 4. The van der Waals surface area contributed by atoms with Crippen molar-refractivity contribution in [2.24, 2.45) is 17.8 Å². The minimum absolute atomic E-state index is 0.145. The van der Waals surface area contributed by atoms with E-state index in [4.69, 9.17) is 14.2 Å². The Kier molecular flexibility index (Phi) is 4.88. The molecule has 0 amide bonds. The highest BCUT2D eigenvalue weighted by Gasteiger charge is 2.67. The molecule has 1 saturated heterocycles. The van der Waals surface area contributed by atoms with Crippen molar-refractivity contribution in [2.75, 3.05) is 26.5 Å². The number of halogens is 4. The van der Waals surface area contributed by atoms with Gasteiger partial charge in [0.15, 0.2) is 18.1 Å². The molecule has 4 saturated carbocycles. The Balaban J connectivity index is 1.41. The smallest absolute Gasteiger partial charge is 0.377 e. The first kappa shape index (κ1) is 20.8. The SMILES string of the molecule is CC(F)(F)C(=O)OCC(=O)OC12CC3CC(C1)C1(OCC(F)(CF)CO1)C(C3)C2. The number of esters is 2. The van der Waals surface area contributed by atoms with E-state index in [1.807, 2.05) is 0 Å². The monoisotopic (exact) mass is 424 g/mol. The van der Waals surface area contributed by atoms with Gasteiger partial charge in [0, 0.05) is 18.8 Å². The normalized spacial score (nSPS) is 43.4. The highest BCUT2D eigenvalue weighted by atomic mass is 19.3. The van der Waals surface area contributed by atoms with Gasteiger partial charge in [0.25, 0.3) is 0 Å². The quantitative estimate of drug-likeness (QED) is 0.499. The molecule has 10 heteroatoms. The van der Waals surface area contributed by atoms with Crippen LogP contribution in [0.2, 0.25) is 0 Å². The molecule has 0 radical (unpaired) electrons. The molecule has 5 aliphatic rings. The van der Waals surface area contributed by atoms with Crippen LogP contribution in [-0.2, 0) is 28.5 Å². The lowest BCUT2D eigenvalue weighted by Crippen LogP contribution is -2.69. The van der Waals surface area contributed by atoms with Crippen LogP contribution in [0.5, 0.6) is 0 Å². The fourth-order valence-electron chi connectivity index (χ4n) is 5.62. The zero-order valence-electron chi connectivity index (χ0n) is 16.1. The van der Waals surface area contributed by atoms with E-state index in [1.165, 1.54) is 0 Å². The van der Waals surface area contributed by atoms with Crippen molar-refractivity contribution in [3.8, 4) is 0 Å². The van der Waals surface area contributed by atoms with E-state index in [-0.39, 0.29) is 31.0 Å². The van der Waals surface area contributed by atoms with Crippen molar-refractivity contribution >= 4 is 11.9 Å². The second-order valence-electron chi connectivity index (χ2n) is 9.05. The molecule has 2 unspecified atom stereocenters. The lowest BCUT2D eigenvalue weighted by molar-refractivity contribution is -0.393. The van der Waals surface area contributed by atoms with Gasteiger partial charge < -0.3 is 18.9 Å². The van der Waals surface area contributed by atoms with E-state index in [2.05, 4.69) is 4.74 Å². The minimum atomic E-state index is -3.69. The highest BCUT2D eigenvalue weighted by Crippen LogP contribution is 2.63. The Bertz CT molecular complexity index is 667. The summed E-state index contributed by atoms with van der Waals surface area (Å²) in [4.78, 5) is 23.3. The fourth-order valence-corrected chi connectivity index (χ4v) is 5.62. The average molecular weight is 424 g/mol. The van der Waals surface area contributed by atoms with E-state index in [0.29, 0.717) is 26.2 Å². The lowest BCUT2D eigenvalue weighted by Gasteiger charge is -2.64. The van der Waals surface area contributed by atoms with Crippen LogP contribution in [0.25, 0.3) is 0 Å². The van der Waals surface area contributed by atoms with Crippen LogP contribution >= 0.6 is 0 Å². The molecule has 0 N–H and O–H groups in total. The molecular weight excluding hydrogens is 400 g/mol. The van der Waals surface area contributed by atoms with Gasteiger partial charge in [0.1, 0.15) is 12.3 Å². The zero-order valence-corrected chi connectivity index (χ0v) is 16.1. The van der Waals surface area contributed by atoms with Crippen molar-refractivity contribution in [1.29, 1.82) is 0 Å². The molecule has 4 bridgehead atoms. The number of alkyl halides is 4. The average Bonchev–Trinajstić information content (AvgIpc) is 2.64. The van der Waals surface area contributed by atoms with Gasteiger partial charge >= 0.3 is 17.9 Å². The summed E-state index contributed by atoms with van der Waals surface area (Å²) >= 11 is 0. The van der Waals surface area contributed by atoms with E-state index >= 15 is 0 Å². The van der Waals surface area contributed by atoms with Gasteiger partial charge in [-0.1, -0.05) is 0 Å². The Morgan fingerprint density at radius 3 is 2.21 bits per heavy atom. The topological polar surface area (TPSA) is 71.1 Å². The molecule has 4 aliphatic carbocycles. The summed E-state index contributed by atoms with van der Waals surface area (Å²) in [6.07, 6.45) is 2.98. The maximum atomic E-state index is 14.2. The first-order valence-electron chi connectivity index (χ1n) is 9.79. The second-order valence-corrected chi connectivity index (χ2v) is 9.05. The Morgan fingerprint density at radius 1 is 1.10 bits per heavy atom. The molecule has 0 aromatic carbocycles. The predicted molar refractivity (Wildman–Crippen MR) is 88.4 cm³/mol. The Labute approximate surface area is 165 Å². The Hall–Kier alpha value is -1.42. The number of hydrogen-bond acceptors (Lipinski definition) is 6. The van der Waals surface area contributed by atoms with E-state index in [1.54, 1.807) is 0 Å². The molecule has 0 aromatic heterocycles. The first-order valence-corrected chi connectivity index (χ1v) is 9.79. The molecule has 0 aromatic rings. The van der Waals surface area contributed by atoms with Crippen molar-refractivity contribution in [1.82, 2.24) is 0 Å². The van der Waals surface area contributed by atoms with Gasteiger partial charge in [-0.25, -0.2) is 18.4 Å². The molecule has 5 fully saturated rings. The van der Waals surface area contributed by atoms with Crippen molar-refractivity contribution in [3.05, 3.63) is 0 Å². The van der Waals surface area contributed by atoms with E-state index in [9.17, 15) is 27.2 Å². The molecule has 1 heterocycles. The summed E-state index contributed by atoms with van der Waals surface area (Å²) in [5.74, 6) is -7.39. The number of hydrogen-bond donors (Lipinski definition) is 0. The summed E-state index contributed by atoms with van der Waals surface area (Å²) in [5.41, 5.74) is -2.95. The third kappa shape index (κ3) is 3.62. The highest BCUT2D eigenvalue weighted by molar-refractivity contribution is 5.80. The van der Waals surface area contributed by atoms with Crippen LogP contribution in [0.1, 0.15) is 39.0 Å². The molecule has 5 rings (SSSR count). The summed E-state index contributed by atoms with van der Waals surface area (Å²) in [6.45, 7) is -2.44. The molecular formula is C19H24F4O6. The van der Waals surface area contributed by atoms with E-state index in [0.717, 1.165) is 12.8 Å². The first-order chi connectivity index (χ1) is 13.5. The van der Waals surface area contributed by atoms with Crippen molar-refractivity contribution < 1.29 is 46.1 Å². The van der Waals surface area contributed by atoms with Gasteiger partial charge in [-0.2, -0.15) is 8.78 Å². The van der Waals surface area contributed by atoms with Crippen LogP contribution in [0.3, 0.4) is 0 Å². The lowest BCUT2D eigenvalue weighted by atomic mass is 9.51. The van der Waals surface area contributed by atoms with Crippen LogP contribution in [0, 0.1) is 17.8 Å². The largest absolute Gasteiger partial charge is 0.457 e. The van der Waals surface area contributed by atoms with Gasteiger partial charge in [0.05, 0.1) is 13.2 Å². The maximum absolute atomic E-state index is 14.2. The third-order valence-corrected chi connectivity index (χ3v) is 6.63. The van der Waals surface area contributed by atoms with Crippen LogP contribution in [0.4, 0.5) is 17.6 Å². The Morgan fingerprint density at radius 2 is 1.69 bits per heavy atom. The zero-order chi connectivity index (χ0) is 21.1. The number of carbonyl (C=O) groups is 2. The van der Waals surface area contributed by atoms with Gasteiger partial charge in [0.2, 0.25) is 0 Å². The number of carbonyl (C=O) groups excluding carboxylic acids is 2. The predicted octanol–water partition coefficient (Wildman–Crippen LogP) is 2.73. The van der Waals surface area contributed by atoms with Crippen LogP contribution in [-0.4, -0.2) is 61.4 Å². The molecule has 164 valence electrons. The third-order valence-electron chi connectivity index (χ3n) is 6.63. The van der Waals surface area contributed by atoms with Crippen LogP contribution in [0.15, 0.2) is 0 Å². The molecule has 1 spiro atoms. The van der Waals surface area contributed by atoms with Gasteiger partial charge in [-0.05, 0) is 38.0 Å². The molecule has 1 aliphatic heterocycles. The fraction of sp³-hybridized carbons (Fsp3) is 0.895. The summed E-state index contributed by atoms with van der Waals surface area (Å²) < 4.78 is 74.3. The summed E-state index contributed by atoms with van der Waals surface area (Å²) in [5, 5.41) is 0. The van der Waals surface area contributed by atoms with Crippen molar-refractivity contribution in [3.63, 3.8) is 0 Å². The summed E-state index contributed by atoms with van der Waals surface area (Å²) in [6, 6.07) is 0. The van der Waals surface area contributed by atoms with Crippen molar-refractivity contribution in [2.45, 2.75) is 62.0 Å². The van der Waals surface area contributed by atoms with E-state index < -0.39 is 48.2 Å². The second kappa shape index (κ2) is 6.80.